The average Bonchev–Trinajstić information content (AvgIpc) is 2.75. The molecular weight excluding hydrogens is 212 g/mol. The lowest BCUT2D eigenvalue weighted by molar-refractivity contribution is 0.0760. The summed E-state index contributed by atoms with van der Waals surface area (Å²) in [4.78, 5) is 0. The molecule has 0 aliphatic heterocycles. The molecule has 0 aromatic carbocycles. The molecule has 3 nitrogen and oxygen atoms in total. The third kappa shape index (κ3) is 6.49. The van der Waals surface area contributed by atoms with Crippen LogP contribution in [0.5, 0.6) is 0 Å². The number of aromatic nitrogens is 1. The smallest absolute Gasteiger partial charge is 0.0518 e. The van der Waals surface area contributed by atoms with E-state index in [-0.39, 0.29) is 0 Å². The minimum absolute atomic E-state index is 0.358. The zero-order valence-electron chi connectivity index (χ0n) is 11.4. The summed E-state index contributed by atoms with van der Waals surface area (Å²) in [5.41, 5.74) is 1.37. The van der Waals surface area contributed by atoms with Gasteiger partial charge in [0.25, 0.3) is 0 Å². The summed E-state index contributed by atoms with van der Waals surface area (Å²) in [5, 5.41) is 3.46. The predicted octanol–water partition coefficient (Wildman–Crippen LogP) is 2.80. The van der Waals surface area contributed by atoms with Gasteiger partial charge in [0.1, 0.15) is 0 Å². The first-order valence-corrected chi connectivity index (χ1v) is 6.69. The maximum Gasteiger partial charge on any atom is 0.0518 e. The van der Waals surface area contributed by atoms with E-state index in [9.17, 15) is 0 Å². The quantitative estimate of drug-likeness (QED) is 0.670. The molecule has 0 atom stereocenters. The van der Waals surface area contributed by atoms with Crippen molar-refractivity contribution in [2.45, 2.75) is 52.8 Å². The highest BCUT2D eigenvalue weighted by Gasteiger charge is 1.96. The number of unbranched alkanes of at least 4 members (excludes halogenated alkanes) is 1. The molecule has 0 aliphatic carbocycles. The monoisotopic (exact) mass is 238 g/mol. The van der Waals surface area contributed by atoms with Gasteiger partial charge in [0, 0.05) is 32.1 Å². The van der Waals surface area contributed by atoms with Gasteiger partial charge in [-0.1, -0.05) is 0 Å². The first kappa shape index (κ1) is 14.3. The van der Waals surface area contributed by atoms with Gasteiger partial charge in [0.2, 0.25) is 0 Å². The molecular formula is C14H26N2O. The molecule has 1 aromatic rings. The van der Waals surface area contributed by atoms with Crippen LogP contribution in [0.2, 0.25) is 0 Å². The molecule has 1 aromatic heterocycles. The minimum Gasteiger partial charge on any atom is -0.379 e. The number of aryl methyl sites for hydroxylation is 1. The van der Waals surface area contributed by atoms with Crippen molar-refractivity contribution in [3.8, 4) is 0 Å². The second-order valence-electron chi connectivity index (χ2n) is 4.65. The maximum atomic E-state index is 5.49. The van der Waals surface area contributed by atoms with Crippen LogP contribution in [0.15, 0.2) is 18.5 Å². The molecule has 0 saturated heterocycles. The fraction of sp³-hybridized carbons (Fsp3) is 0.714. The van der Waals surface area contributed by atoms with Crippen LogP contribution in [0.3, 0.4) is 0 Å². The summed E-state index contributed by atoms with van der Waals surface area (Å²) in [6, 6.07) is 2.18. The molecule has 0 spiro atoms. The van der Waals surface area contributed by atoms with Gasteiger partial charge < -0.3 is 14.6 Å². The van der Waals surface area contributed by atoms with Crippen molar-refractivity contribution >= 4 is 0 Å². The largest absolute Gasteiger partial charge is 0.379 e. The second kappa shape index (κ2) is 8.31. The molecule has 0 unspecified atom stereocenters. The van der Waals surface area contributed by atoms with E-state index in [1.54, 1.807) is 0 Å². The molecule has 0 amide bonds. The second-order valence-corrected chi connectivity index (χ2v) is 4.65. The fourth-order valence-electron chi connectivity index (χ4n) is 1.70. The van der Waals surface area contributed by atoms with E-state index in [1.165, 1.54) is 12.0 Å². The number of hydrogen-bond acceptors (Lipinski definition) is 2. The Hall–Kier alpha value is -0.800. The van der Waals surface area contributed by atoms with Crippen LogP contribution in [0.25, 0.3) is 0 Å². The molecule has 0 bridgehead atoms. The molecule has 98 valence electrons. The first-order chi connectivity index (χ1) is 8.22. The van der Waals surface area contributed by atoms with Gasteiger partial charge in [-0.15, -0.1) is 0 Å². The van der Waals surface area contributed by atoms with E-state index < -0.39 is 0 Å². The lowest BCUT2D eigenvalue weighted by Gasteiger charge is -2.07. The van der Waals surface area contributed by atoms with E-state index in [2.05, 4.69) is 49.1 Å². The summed E-state index contributed by atoms with van der Waals surface area (Å²) in [6.45, 7) is 10.3. The van der Waals surface area contributed by atoms with Crippen molar-refractivity contribution in [3.05, 3.63) is 24.0 Å². The Kier molecular flexibility index (Phi) is 6.97. The van der Waals surface area contributed by atoms with Crippen LogP contribution in [-0.4, -0.2) is 23.8 Å². The zero-order valence-corrected chi connectivity index (χ0v) is 11.4. The number of ether oxygens (including phenoxy) is 1. The van der Waals surface area contributed by atoms with Crippen molar-refractivity contribution in [1.82, 2.24) is 9.88 Å². The van der Waals surface area contributed by atoms with Crippen LogP contribution < -0.4 is 5.32 Å². The van der Waals surface area contributed by atoms with E-state index in [0.29, 0.717) is 6.10 Å². The Morgan fingerprint density at radius 1 is 1.35 bits per heavy atom. The molecule has 0 fully saturated rings. The topological polar surface area (TPSA) is 26.2 Å². The van der Waals surface area contributed by atoms with Gasteiger partial charge in [-0.25, -0.2) is 0 Å². The number of nitrogens with zero attached hydrogens (tertiary/aromatic N) is 1. The van der Waals surface area contributed by atoms with Crippen LogP contribution in [-0.2, 0) is 17.8 Å². The normalized spacial score (nSPS) is 11.3. The zero-order chi connectivity index (χ0) is 12.5. The summed E-state index contributed by atoms with van der Waals surface area (Å²) < 4.78 is 7.70. The Balaban J connectivity index is 1.97. The Morgan fingerprint density at radius 2 is 2.18 bits per heavy atom. The molecule has 0 radical (unpaired) electrons. The standard InChI is InChI=1S/C14H26N2O/c1-4-16-9-7-14(12-16)11-15-8-5-6-10-17-13(2)3/h7,9,12-13,15H,4-6,8,10-11H2,1-3H3. The van der Waals surface area contributed by atoms with Gasteiger partial charge in [-0.2, -0.15) is 0 Å². The predicted molar refractivity (Wildman–Crippen MR) is 72.1 cm³/mol. The molecule has 1 N–H and O–H groups in total. The third-order valence-corrected chi connectivity index (χ3v) is 2.71. The molecule has 0 aliphatic rings. The van der Waals surface area contributed by atoms with Gasteiger partial charge in [0.05, 0.1) is 6.10 Å². The average molecular weight is 238 g/mol. The maximum absolute atomic E-state index is 5.49. The van der Waals surface area contributed by atoms with Crippen molar-refractivity contribution < 1.29 is 4.74 Å². The van der Waals surface area contributed by atoms with E-state index in [0.717, 1.165) is 32.7 Å². The van der Waals surface area contributed by atoms with Gasteiger partial charge in [-0.05, 0) is 51.8 Å². The fourth-order valence-corrected chi connectivity index (χ4v) is 1.70. The molecule has 0 saturated carbocycles. The molecule has 17 heavy (non-hydrogen) atoms. The summed E-state index contributed by atoms with van der Waals surface area (Å²) in [6.07, 6.45) is 7.02. The Morgan fingerprint density at radius 3 is 2.82 bits per heavy atom. The van der Waals surface area contributed by atoms with E-state index in [4.69, 9.17) is 4.74 Å². The van der Waals surface area contributed by atoms with Crippen LogP contribution in [0, 0.1) is 0 Å². The number of rotatable bonds is 9. The van der Waals surface area contributed by atoms with Crippen molar-refractivity contribution in [1.29, 1.82) is 0 Å². The van der Waals surface area contributed by atoms with Crippen LogP contribution in [0.4, 0.5) is 0 Å². The first-order valence-electron chi connectivity index (χ1n) is 6.69. The van der Waals surface area contributed by atoms with Gasteiger partial charge >= 0.3 is 0 Å². The molecule has 3 heteroatoms. The molecule has 1 heterocycles. The van der Waals surface area contributed by atoms with Gasteiger partial charge in [-0.3, -0.25) is 0 Å². The van der Waals surface area contributed by atoms with E-state index >= 15 is 0 Å². The van der Waals surface area contributed by atoms with Crippen LogP contribution >= 0.6 is 0 Å². The van der Waals surface area contributed by atoms with Gasteiger partial charge in [0.15, 0.2) is 0 Å². The summed E-state index contributed by atoms with van der Waals surface area (Å²) in [7, 11) is 0. The highest BCUT2D eigenvalue weighted by atomic mass is 16.5. The molecule has 1 rings (SSSR count). The minimum atomic E-state index is 0.358. The van der Waals surface area contributed by atoms with E-state index in [1.807, 2.05) is 0 Å². The van der Waals surface area contributed by atoms with Crippen molar-refractivity contribution in [2.24, 2.45) is 0 Å². The highest BCUT2D eigenvalue weighted by Crippen LogP contribution is 2.01. The number of nitrogens with one attached hydrogen (secondary N) is 1. The SMILES string of the molecule is CCn1ccc(CNCCCCOC(C)C)c1. The highest BCUT2D eigenvalue weighted by molar-refractivity contribution is 5.09. The summed E-state index contributed by atoms with van der Waals surface area (Å²) >= 11 is 0. The Bertz CT molecular complexity index is 294. The van der Waals surface area contributed by atoms with Crippen LogP contribution in [0.1, 0.15) is 39.2 Å². The summed E-state index contributed by atoms with van der Waals surface area (Å²) in [5.74, 6) is 0. The number of hydrogen-bond donors (Lipinski definition) is 1. The van der Waals surface area contributed by atoms with Crippen molar-refractivity contribution in [2.75, 3.05) is 13.2 Å². The van der Waals surface area contributed by atoms with Crippen molar-refractivity contribution in [3.63, 3.8) is 0 Å². The lowest BCUT2D eigenvalue weighted by atomic mass is 10.3. The Labute approximate surface area is 105 Å². The lowest BCUT2D eigenvalue weighted by Crippen LogP contribution is -2.15. The third-order valence-electron chi connectivity index (χ3n) is 2.71.